The van der Waals surface area contributed by atoms with E-state index in [4.69, 9.17) is 0 Å². The van der Waals surface area contributed by atoms with Crippen LogP contribution in [0.4, 0.5) is 18.9 Å². The molecule has 0 aliphatic carbocycles. The quantitative estimate of drug-likeness (QED) is 0.872. The van der Waals surface area contributed by atoms with Crippen LogP contribution in [0, 0.1) is 5.82 Å². The van der Waals surface area contributed by atoms with E-state index in [1.807, 2.05) is 0 Å². The highest BCUT2D eigenvalue weighted by molar-refractivity contribution is 6.01. The van der Waals surface area contributed by atoms with Crippen molar-refractivity contribution in [2.75, 3.05) is 18.0 Å². The Hall–Kier alpha value is -2.09. The van der Waals surface area contributed by atoms with Crippen LogP contribution < -0.4 is 15.5 Å². The van der Waals surface area contributed by atoms with Crippen LogP contribution in [0.2, 0.25) is 0 Å². The van der Waals surface area contributed by atoms with E-state index in [0.717, 1.165) is 0 Å². The minimum atomic E-state index is -2.92. The van der Waals surface area contributed by atoms with E-state index in [1.54, 1.807) is 6.07 Å². The molecule has 0 radical (unpaired) electrons. The maximum atomic E-state index is 13.8. The van der Waals surface area contributed by atoms with E-state index in [1.165, 1.54) is 23.1 Å². The second-order valence-corrected chi connectivity index (χ2v) is 5.78. The number of para-hydroxylation sites is 1. The van der Waals surface area contributed by atoms with Crippen molar-refractivity contribution in [2.45, 2.75) is 30.8 Å². The fraction of sp³-hybridized carbons (Fsp3) is 0.467. The third-order valence-corrected chi connectivity index (χ3v) is 4.09. The summed E-state index contributed by atoms with van der Waals surface area (Å²) < 4.78 is 40.0. The zero-order chi connectivity index (χ0) is 16.6. The molecular formula is C15H16F3N3O2. The first-order valence-electron chi connectivity index (χ1n) is 7.35. The standard InChI is InChI=1S/C15H16F3N3O2/c16-9-3-1-2-4-12(9)21-6-5-10(14(21)23)20-13(22)11-7-15(17,18)8-19-11/h1-4,10-11,19H,5-8H2,(H,20,22). The Kier molecular flexibility index (Phi) is 4.01. The lowest BCUT2D eigenvalue weighted by Crippen LogP contribution is -2.48. The lowest BCUT2D eigenvalue weighted by molar-refractivity contribution is -0.128. The molecule has 2 unspecified atom stereocenters. The van der Waals surface area contributed by atoms with Gasteiger partial charge in [0, 0.05) is 13.0 Å². The summed E-state index contributed by atoms with van der Waals surface area (Å²) in [6.07, 6.45) is -0.279. The summed E-state index contributed by atoms with van der Waals surface area (Å²) in [5.74, 6) is -4.50. The highest BCUT2D eigenvalue weighted by Gasteiger charge is 2.44. The van der Waals surface area contributed by atoms with Gasteiger partial charge in [0.15, 0.2) is 0 Å². The summed E-state index contributed by atoms with van der Waals surface area (Å²) in [5, 5.41) is 4.92. The average Bonchev–Trinajstić information content (AvgIpc) is 3.03. The van der Waals surface area contributed by atoms with Crippen molar-refractivity contribution in [3.63, 3.8) is 0 Å². The first-order valence-corrected chi connectivity index (χ1v) is 7.35. The number of nitrogens with one attached hydrogen (secondary N) is 2. The summed E-state index contributed by atoms with van der Waals surface area (Å²) in [5.41, 5.74) is 0.153. The number of anilines is 1. The molecular weight excluding hydrogens is 311 g/mol. The van der Waals surface area contributed by atoms with Crippen LogP contribution in [-0.2, 0) is 9.59 Å². The zero-order valence-electron chi connectivity index (χ0n) is 12.2. The van der Waals surface area contributed by atoms with Crippen LogP contribution >= 0.6 is 0 Å². The number of hydrogen-bond acceptors (Lipinski definition) is 3. The number of alkyl halides is 2. The molecule has 2 heterocycles. The molecule has 0 spiro atoms. The maximum Gasteiger partial charge on any atom is 0.262 e. The van der Waals surface area contributed by atoms with Crippen molar-refractivity contribution in [1.82, 2.24) is 10.6 Å². The minimum absolute atomic E-state index is 0.153. The summed E-state index contributed by atoms with van der Waals surface area (Å²) in [6.45, 7) is -0.288. The third-order valence-electron chi connectivity index (χ3n) is 4.09. The molecule has 0 bridgehead atoms. The van der Waals surface area contributed by atoms with Gasteiger partial charge in [-0.2, -0.15) is 0 Å². The van der Waals surface area contributed by atoms with Crippen LogP contribution in [0.3, 0.4) is 0 Å². The Balaban J connectivity index is 1.64. The molecule has 0 aromatic heterocycles. The number of amides is 2. The molecule has 124 valence electrons. The predicted molar refractivity (Wildman–Crippen MR) is 76.7 cm³/mol. The fourth-order valence-electron chi connectivity index (χ4n) is 2.90. The van der Waals surface area contributed by atoms with Gasteiger partial charge in [-0.3, -0.25) is 14.9 Å². The zero-order valence-corrected chi connectivity index (χ0v) is 12.2. The SMILES string of the molecule is O=C(NC1CCN(c2ccccc2F)C1=O)C1CC(F)(F)CN1. The van der Waals surface area contributed by atoms with E-state index < -0.39 is 48.6 Å². The lowest BCUT2D eigenvalue weighted by atomic mass is 10.1. The van der Waals surface area contributed by atoms with Crippen molar-refractivity contribution in [2.24, 2.45) is 0 Å². The van der Waals surface area contributed by atoms with Crippen LogP contribution in [0.15, 0.2) is 24.3 Å². The summed E-state index contributed by atoms with van der Waals surface area (Å²) in [7, 11) is 0. The van der Waals surface area contributed by atoms with E-state index in [0.29, 0.717) is 6.42 Å². The first kappa shape index (κ1) is 15.8. The topological polar surface area (TPSA) is 61.4 Å². The van der Waals surface area contributed by atoms with Crippen molar-refractivity contribution >= 4 is 17.5 Å². The number of hydrogen-bond donors (Lipinski definition) is 2. The van der Waals surface area contributed by atoms with Gasteiger partial charge in [-0.25, -0.2) is 13.2 Å². The number of nitrogens with zero attached hydrogens (tertiary/aromatic N) is 1. The molecule has 2 aliphatic rings. The Labute approximate surface area is 130 Å². The molecule has 8 heteroatoms. The van der Waals surface area contributed by atoms with Gasteiger partial charge in [0.05, 0.1) is 18.3 Å². The number of rotatable bonds is 3. The van der Waals surface area contributed by atoms with Gasteiger partial charge >= 0.3 is 0 Å². The van der Waals surface area contributed by atoms with Crippen LogP contribution in [-0.4, -0.2) is 42.9 Å². The number of carbonyl (C=O) groups is 2. The number of carbonyl (C=O) groups excluding carboxylic acids is 2. The van der Waals surface area contributed by atoms with Gasteiger partial charge in [0.25, 0.3) is 5.92 Å². The number of halogens is 3. The van der Waals surface area contributed by atoms with Gasteiger partial charge in [0.2, 0.25) is 11.8 Å². The van der Waals surface area contributed by atoms with Crippen molar-refractivity contribution in [1.29, 1.82) is 0 Å². The maximum absolute atomic E-state index is 13.8. The molecule has 2 aliphatic heterocycles. The molecule has 23 heavy (non-hydrogen) atoms. The van der Waals surface area contributed by atoms with E-state index in [2.05, 4.69) is 10.6 Å². The molecule has 3 rings (SSSR count). The van der Waals surface area contributed by atoms with Gasteiger partial charge in [-0.1, -0.05) is 12.1 Å². The molecule has 2 N–H and O–H groups in total. The van der Waals surface area contributed by atoms with Crippen LogP contribution in [0.5, 0.6) is 0 Å². The summed E-state index contributed by atoms with van der Waals surface area (Å²) in [4.78, 5) is 25.6. The highest BCUT2D eigenvalue weighted by Crippen LogP contribution is 2.27. The summed E-state index contributed by atoms with van der Waals surface area (Å²) in [6, 6.07) is 4.03. The molecule has 2 amide bonds. The van der Waals surface area contributed by atoms with Crippen LogP contribution in [0.25, 0.3) is 0 Å². The minimum Gasteiger partial charge on any atom is -0.343 e. The van der Waals surface area contributed by atoms with Crippen molar-refractivity contribution in [3.05, 3.63) is 30.1 Å². The second-order valence-electron chi connectivity index (χ2n) is 5.78. The third kappa shape index (κ3) is 3.17. The average molecular weight is 327 g/mol. The van der Waals surface area contributed by atoms with Crippen LogP contribution in [0.1, 0.15) is 12.8 Å². The Morgan fingerprint density at radius 2 is 2.09 bits per heavy atom. The second kappa shape index (κ2) is 5.84. The summed E-state index contributed by atoms with van der Waals surface area (Å²) >= 11 is 0. The monoisotopic (exact) mass is 327 g/mol. The molecule has 1 aromatic carbocycles. The lowest BCUT2D eigenvalue weighted by Gasteiger charge is -2.19. The molecule has 2 atom stereocenters. The molecule has 0 saturated carbocycles. The predicted octanol–water partition coefficient (Wildman–Crippen LogP) is 1.04. The molecule has 2 saturated heterocycles. The van der Waals surface area contributed by atoms with Gasteiger partial charge < -0.3 is 10.2 Å². The van der Waals surface area contributed by atoms with Gasteiger partial charge in [-0.15, -0.1) is 0 Å². The van der Waals surface area contributed by atoms with E-state index >= 15 is 0 Å². The van der Waals surface area contributed by atoms with Crippen molar-refractivity contribution in [3.8, 4) is 0 Å². The van der Waals surface area contributed by atoms with Gasteiger partial charge in [0.1, 0.15) is 11.9 Å². The molecule has 2 fully saturated rings. The molecule has 1 aromatic rings. The first-order chi connectivity index (χ1) is 10.9. The van der Waals surface area contributed by atoms with Crippen molar-refractivity contribution < 1.29 is 22.8 Å². The Morgan fingerprint density at radius 1 is 1.35 bits per heavy atom. The Morgan fingerprint density at radius 3 is 2.74 bits per heavy atom. The normalized spacial score (nSPS) is 26.6. The van der Waals surface area contributed by atoms with E-state index in [-0.39, 0.29) is 12.2 Å². The number of benzene rings is 1. The van der Waals surface area contributed by atoms with E-state index in [9.17, 15) is 22.8 Å². The largest absolute Gasteiger partial charge is 0.343 e. The fourth-order valence-corrected chi connectivity index (χ4v) is 2.90. The molecule has 5 nitrogen and oxygen atoms in total. The highest BCUT2D eigenvalue weighted by atomic mass is 19.3. The Bertz CT molecular complexity index is 638. The van der Waals surface area contributed by atoms with Gasteiger partial charge in [-0.05, 0) is 18.6 Å². The smallest absolute Gasteiger partial charge is 0.262 e.